The molecule has 2 aromatic carbocycles. The van der Waals surface area contributed by atoms with Crippen LogP contribution < -0.4 is 0 Å². The Bertz CT molecular complexity index is 719. The number of rotatable bonds is 7. The molecule has 140 valence electrons. The molecule has 0 saturated carbocycles. The van der Waals surface area contributed by atoms with Crippen LogP contribution in [0.5, 0.6) is 0 Å². The van der Waals surface area contributed by atoms with Gasteiger partial charge in [-0.15, -0.1) is 0 Å². The van der Waals surface area contributed by atoms with E-state index in [-0.39, 0.29) is 0 Å². The number of hydrogen-bond donors (Lipinski definition) is 0. The van der Waals surface area contributed by atoms with Crippen LogP contribution in [0, 0.1) is 0 Å². The van der Waals surface area contributed by atoms with Gasteiger partial charge in [0.2, 0.25) is 0 Å². The van der Waals surface area contributed by atoms with E-state index in [1.54, 1.807) is 6.08 Å². The molecular weight excluding hydrogens is 326 g/mol. The summed E-state index contributed by atoms with van der Waals surface area (Å²) in [5, 5.41) is 0. The van der Waals surface area contributed by atoms with Gasteiger partial charge in [-0.3, -0.25) is 0 Å². The summed E-state index contributed by atoms with van der Waals surface area (Å²) in [5.74, 6) is 0. The lowest BCUT2D eigenvalue weighted by Gasteiger charge is -2.15. The Labute approximate surface area is 165 Å². The normalized spacial score (nSPS) is 14.2. The summed E-state index contributed by atoms with van der Waals surface area (Å²) in [5.41, 5.74) is 3.77. The topological polar surface area (TPSA) is 3.24 Å². The van der Waals surface area contributed by atoms with Gasteiger partial charge < -0.3 is 4.90 Å². The van der Waals surface area contributed by atoms with E-state index in [2.05, 4.69) is 66.6 Å². The first-order valence-electron chi connectivity index (χ1n) is 9.76. The predicted molar refractivity (Wildman–Crippen MR) is 121 cm³/mol. The second-order valence-corrected chi connectivity index (χ2v) is 6.66. The highest BCUT2D eigenvalue weighted by Crippen LogP contribution is 2.17. The minimum absolute atomic E-state index is 1.10. The van der Waals surface area contributed by atoms with Gasteiger partial charge in [-0.05, 0) is 49.1 Å². The third-order valence-corrected chi connectivity index (χ3v) is 4.56. The summed E-state index contributed by atoms with van der Waals surface area (Å²) in [7, 11) is 0. The van der Waals surface area contributed by atoms with Crippen LogP contribution in [-0.2, 0) is 0 Å². The third kappa shape index (κ3) is 8.52. The highest BCUT2D eigenvalue weighted by atomic mass is 15.1. The maximum Gasteiger partial charge on any atom is 0.00218 e. The van der Waals surface area contributed by atoms with Crippen LogP contribution in [0.15, 0.2) is 98.1 Å². The van der Waals surface area contributed by atoms with Gasteiger partial charge in [-0.25, -0.2) is 0 Å². The van der Waals surface area contributed by atoms with E-state index in [4.69, 9.17) is 0 Å². The van der Waals surface area contributed by atoms with E-state index < -0.39 is 0 Å². The maximum atomic E-state index is 4.16. The Hall–Kier alpha value is -2.64. The molecule has 0 aromatic heterocycles. The van der Waals surface area contributed by atoms with Gasteiger partial charge in [0.1, 0.15) is 0 Å². The Balaban J connectivity index is 0.000000199. The quantitative estimate of drug-likeness (QED) is 0.503. The molecule has 0 radical (unpaired) electrons. The molecule has 1 saturated heterocycles. The fourth-order valence-electron chi connectivity index (χ4n) is 2.99. The van der Waals surface area contributed by atoms with Crippen LogP contribution >= 0.6 is 0 Å². The van der Waals surface area contributed by atoms with Crippen LogP contribution in [0.1, 0.15) is 30.4 Å². The van der Waals surface area contributed by atoms with E-state index in [9.17, 15) is 0 Å². The molecule has 0 aliphatic carbocycles. The molecule has 0 atom stereocenters. The van der Waals surface area contributed by atoms with Crippen molar-refractivity contribution in [3.63, 3.8) is 0 Å². The standard InChI is InChI=1S/C14H19N.C12H12/c1-13(14-7-3-2-4-8-14)9-12-15-10-5-6-11-15;1-2-3-4-6-9-12-10-7-5-8-11-12/h2-4,7-8H,1,5-6,9-12H2;2-11H,1H2. The molecule has 0 bridgehead atoms. The maximum absolute atomic E-state index is 4.16. The lowest BCUT2D eigenvalue weighted by Crippen LogP contribution is -2.20. The van der Waals surface area contributed by atoms with Crippen molar-refractivity contribution in [2.75, 3.05) is 19.6 Å². The largest absolute Gasteiger partial charge is 0.303 e. The number of hydrogen-bond acceptors (Lipinski definition) is 1. The molecule has 3 rings (SSSR count). The van der Waals surface area contributed by atoms with Crippen LogP contribution in [0.4, 0.5) is 0 Å². The van der Waals surface area contributed by atoms with Crippen molar-refractivity contribution in [2.24, 2.45) is 0 Å². The molecule has 1 heteroatoms. The molecule has 2 aromatic rings. The van der Waals surface area contributed by atoms with Crippen LogP contribution in [0.2, 0.25) is 0 Å². The van der Waals surface area contributed by atoms with Crippen LogP contribution in [0.25, 0.3) is 11.6 Å². The van der Waals surface area contributed by atoms with Crippen molar-refractivity contribution in [3.8, 4) is 0 Å². The van der Waals surface area contributed by atoms with Crippen molar-refractivity contribution in [2.45, 2.75) is 19.3 Å². The van der Waals surface area contributed by atoms with E-state index in [1.165, 1.54) is 49.2 Å². The first kappa shape index (κ1) is 20.7. The average molecular weight is 358 g/mol. The summed E-state index contributed by atoms with van der Waals surface area (Å²) in [6.07, 6.45) is 13.5. The molecule has 1 heterocycles. The highest BCUT2D eigenvalue weighted by Gasteiger charge is 2.11. The summed E-state index contributed by atoms with van der Waals surface area (Å²) >= 11 is 0. The molecule has 27 heavy (non-hydrogen) atoms. The third-order valence-electron chi connectivity index (χ3n) is 4.56. The van der Waals surface area contributed by atoms with E-state index in [0.717, 1.165) is 6.42 Å². The lowest BCUT2D eigenvalue weighted by atomic mass is 10.0. The number of nitrogens with zero attached hydrogens (tertiary/aromatic N) is 1. The summed E-state index contributed by atoms with van der Waals surface area (Å²) in [6.45, 7) is 11.5. The Morgan fingerprint density at radius 1 is 0.852 bits per heavy atom. The van der Waals surface area contributed by atoms with Crippen molar-refractivity contribution in [3.05, 3.63) is 109 Å². The Morgan fingerprint density at radius 3 is 2.11 bits per heavy atom. The fourth-order valence-corrected chi connectivity index (χ4v) is 2.99. The second-order valence-electron chi connectivity index (χ2n) is 6.66. The molecule has 1 nitrogen and oxygen atoms in total. The van der Waals surface area contributed by atoms with Crippen LogP contribution in [0.3, 0.4) is 0 Å². The van der Waals surface area contributed by atoms with Crippen molar-refractivity contribution >= 4 is 11.6 Å². The predicted octanol–water partition coefficient (Wildman–Crippen LogP) is 6.63. The van der Waals surface area contributed by atoms with Crippen molar-refractivity contribution < 1.29 is 0 Å². The number of likely N-dealkylation sites (tertiary alicyclic amines) is 1. The fraction of sp³-hybridized carbons (Fsp3) is 0.231. The summed E-state index contributed by atoms with van der Waals surface area (Å²) < 4.78 is 0. The minimum atomic E-state index is 1.10. The van der Waals surface area contributed by atoms with Gasteiger partial charge in [0.25, 0.3) is 0 Å². The van der Waals surface area contributed by atoms with Gasteiger partial charge in [-0.1, -0.05) is 104 Å². The molecule has 0 spiro atoms. The molecule has 0 N–H and O–H groups in total. The van der Waals surface area contributed by atoms with E-state index >= 15 is 0 Å². The monoisotopic (exact) mass is 357 g/mol. The SMILES string of the molecule is C=C(CCN1CCCC1)c1ccccc1.C=CC=CC=Cc1ccccc1. The minimum Gasteiger partial charge on any atom is -0.303 e. The van der Waals surface area contributed by atoms with E-state index in [1.807, 2.05) is 36.4 Å². The van der Waals surface area contributed by atoms with Gasteiger partial charge in [0.15, 0.2) is 0 Å². The van der Waals surface area contributed by atoms with Crippen molar-refractivity contribution in [1.29, 1.82) is 0 Å². The molecule has 1 fully saturated rings. The summed E-state index contributed by atoms with van der Waals surface area (Å²) in [6, 6.07) is 20.7. The average Bonchev–Trinajstić information content (AvgIpc) is 3.25. The van der Waals surface area contributed by atoms with Crippen LogP contribution in [-0.4, -0.2) is 24.5 Å². The zero-order valence-electron chi connectivity index (χ0n) is 16.3. The summed E-state index contributed by atoms with van der Waals surface area (Å²) in [4.78, 5) is 2.54. The first-order valence-corrected chi connectivity index (χ1v) is 9.76. The first-order chi connectivity index (χ1) is 13.3. The van der Waals surface area contributed by atoms with E-state index in [0.29, 0.717) is 0 Å². The Morgan fingerprint density at radius 2 is 1.48 bits per heavy atom. The Kier molecular flexibility index (Phi) is 9.70. The number of benzene rings is 2. The van der Waals surface area contributed by atoms with Crippen molar-refractivity contribution in [1.82, 2.24) is 4.90 Å². The van der Waals surface area contributed by atoms with Gasteiger partial charge in [0.05, 0.1) is 0 Å². The smallest absolute Gasteiger partial charge is 0.00218 e. The second kappa shape index (κ2) is 12.7. The molecular formula is C26H31N. The molecule has 0 amide bonds. The molecule has 1 aliphatic rings. The lowest BCUT2D eigenvalue weighted by molar-refractivity contribution is 0.348. The van der Waals surface area contributed by atoms with Gasteiger partial charge >= 0.3 is 0 Å². The van der Waals surface area contributed by atoms with Gasteiger partial charge in [-0.2, -0.15) is 0 Å². The number of allylic oxidation sites excluding steroid dienone is 4. The molecule has 0 unspecified atom stereocenters. The zero-order chi connectivity index (χ0) is 19.2. The zero-order valence-corrected chi connectivity index (χ0v) is 16.3. The van der Waals surface area contributed by atoms with Gasteiger partial charge in [0, 0.05) is 6.54 Å². The molecule has 1 aliphatic heterocycles. The highest BCUT2D eigenvalue weighted by molar-refractivity contribution is 5.63.